The zero-order chi connectivity index (χ0) is 16.0. The van der Waals surface area contributed by atoms with Crippen LogP contribution in [-0.4, -0.2) is 55.0 Å². The van der Waals surface area contributed by atoms with E-state index in [1.54, 1.807) is 4.68 Å². The molecule has 8 heteroatoms. The van der Waals surface area contributed by atoms with Crippen molar-refractivity contribution in [3.8, 4) is 0 Å². The maximum absolute atomic E-state index is 14.4. The van der Waals surface area contributed by atoms with Crippen molar-refractivity contribution in [2.75, 3.05) is 18.0 Å². The molecule has 0 radical (unpaired) electrons. The minimum absolute atomic E-state index is 0.267. The van der Waals surface area contributed by atoms with E-state index in [9.17, 15) is 4.39 Å². The van der Waals surface area contributed by atoms with Gasteiger partial charge in [-0.25, -0.2) is 14.4 Å². The number of rotatable bonds is 4. The number of halogens is 1. The Kier molecular flexibility index (Phi) is 3.48. The van der Waals surface area contributed by atoms with Crippen LogP contribution in [0.1, 0.15) is 24.7 Å². The first-order valence-corrected chi connectivity index (χ1v) is 8.01. The highest BCUT2D eigenvalue weighted by molar-refractivity contribution is 5.43. The zero-order valence-corrected chi connectivity index (χ0v) is 13.4. The van der Waals surface area contributed by atoms with Crippen LogP contribution >= 0.6 is 0 Å². The smallest absolute Gasteiger partial charge is 0.187 e. The minimum Gasteiger partial charge on any atom is -0.351 e. The molecule has 0 spiro atoms. The van der Waals surface area contributed by atoms with Crippen molar-refractivity contribution in [3.63, 3.8) is 0 Å². The average Bonchev–Trinajstić information content (AvgIpc) is 2.98. The molecule has 0 saturated carbocycles. The third-order valence-electron chi connectivity index (χ3n) is 4.82. The van der Waals surface area contributed by atoms with Crippen LogP contribution < -0.4 is 4.90 Å². The van der Waals surface area contributed by atoms with Gasteiger partial charge < -0.3 is 4.90 Å². The first-order chi connectivity index (χ1) is 11.2. The molecule has 2 aromatic rings. The average molecular weight is 317 g/mol. The molecule has 0 amide bonds. The predicted molar refractivity (Wildman–Crippen MR) is 82.3 cm³/mol. The van der Waals surface area contributed by atoms with Crippen LogP contribution in [0, 0.1) is 5.82 Å². The summed E-state index contributed by atoms with van der Waals surface area (Å²) in [5.41, 5.74) is 1.47. The molecular weight excluding hydrogens is 297 g/mol. The quantitative estimate of drug-likeness (QED) is 0.830. The maximum atomic E-state index is 14.4. The van der Waals surface area contributed by atoms with Gasteiger partial charge in [0.05, 0.1) is 11.4 Å². The Morgan fingerprint density at radius 1 is 1.26 bits per heavy atom. The Morgan fingerprint density at radius 3 is 2.70 bits per heavy atom. The molecule has 122 valence electrons. The Hall–Kier alpha value is -2.09. The molecule has 2 unspecified atom stereocenters. The lowest BCUT2D eigenvalue weighted by molar-refractivity contribution is -0.00994. The number of piperidine rings is 1. The zero-order valence-electron chi connectivity index (χ0n) is 13.4. The number of aromatic nitrogens is 5. The second kappa shape index (κ2) is 5.52. The Balaban J connectivity index is 1.47. The number of nitrogens with zero attached hydrogens (tertiary/aromatic N) is 7. The van der Waals surface area contributed by atoms with Crippen LogP contribution in [0.4, 0.5) is 10.2 Å². The van der Waals surface area contributed by atoms with Crippen molar-refractivity contribution >= 4 is 5.82 Å². The molecule has 3 aliphatic rings. The molecular formula is C15H20FN7. The SMILES string of the molecule is CCc1ncnc(N2CC3CC(C2)N3Cc2cn(C)nn2)c1F. The van der Waals surface area contributed by atoms with Gasteiger partial charge in [0.15, 0.2) is 11.6 Å². The Morgan fingerprint density at radius 2 is 2.04 bits per heavy atom. The van der Waals surface area contributed by atoms with Gasteiger partial charge in [0.2, 0.25) is 0 Å². The van der Waals surface area contributed by atoms with Crippen molar-refractivity contribution in [3.05, 3.63) is 29.7 Å². The van der Waals surface area contributed by atoms with Crippen molar-refractivity contribution in [1.82, 2.24) is 29.9 Å². The van der Waals surface area contributed by atoms with E-state index < -0.39 is 0 Å². The summed E-state index contributed by atoms with van der Waals surface area (Å²) in [6.45, 7) is 4.32. The van der Waals surface area contributed by atoms with Gasteiger partial charge in [-0.1, -0.05) is 12.1 Å². The number of hydrogen-bond acceptors (Lipinski definition) is 6. The lowest BCUT2D eigenvalue weighted by Gasteiger charge is -2.56. The molecule has 3 saturated heterocycles. The first kappa shape index (κ1) is 14.5. The number of fused-ring (bicyclic) bond motifs is 2. The number of hydrogen-bond donors (Lipinski definition) is 0. The first-order valence-electron chi connectivity index (χ1n) is 8.01. The van der Waals surface area contributed by atoms with Crippen LogP contribution in [0.5, 0.6) is 0 Å². The molecule has 23 heavy (non-hydrogen) atoms. The molecule has 2 bridgehead atoms. The van der Waals surface area contributed by atoms with Gasteiger partial charge in [0.1, 0.15) is 6.33 Å². The summed E-state index contributed by atoms with van der Waals surface area (Å²) in [6, 6.07) is 0.852. The molecule has 5 rings (SSSR count). The minimum atomic E-state index is -0.267. The molecule has 0 N–H and O–H groups in total. The summed E-state index contributed by atoms with van der Waals surface area (Å²) in [5, 5.41) is 8.13. The summed E-state index contributed by atoms with van der Waals surface area (Å²) in [5.74, 6) is 0.183. The largest absolute Gasteiger partial charge is 0.351 e. The summed E-state index contributed by atoms with van der Waals surface area (Å²) in [4.78, 5) is 12.7. The standard InChI is InChI=1S/C15H20FN7/c1-3-13-14(16)15(18-9-17-13)22-7-11-4-12(8-22)23(11)6-10-5-21(2)20-19-10/h5,9,11-12H,3-4,6-8H2,1-2H3. The van der Waals surface area contributed by atoms with E-state index in [-0.39, 0.29) is 5.82 Å². The fourth-order valence-corrected chi connectivity index (χ4v) is 3.64. The molecule has 5 heterocycles. The Bertz CT molecular complexity index is 704. The highest BCUT2D eigenvalue weighted by Gasteiger charge is 2.45. The van der Waals surface area contributed by atoms with E-state index in [0.29, 0.717) is 30.0 Å². The molecule has 0 aliphatic carbocycles. The fourth-order valence-electron chi connectivity index (χ4n) is 3.64. The van der Waals surface area contributed by atoms with Crippen LogP contribution in [0.25, 0.3) is 0 Å². The Labute approximate surface area is 134 Å². The summed E-state index contributed by atoms with van der Waals surface area (Å²) >= 11 is 0. The van der Waals surface area contributed by atoms with Crippen LogP contribution in [-0.2, 0) is 20.0 Å². The monoisotopic (exact) mass is 317 g/mol. The summed E-state index contributed by atoms with van der Waals surface area (Å²) in [6.07, 6.45) is 5.16. The predicted octanol–water partition coefficient (Wildman–Crippen LogP) is 0.770. The summed E-state index contributed by atoms with van der Waals surface area (Å²) in [7, 11) is 1.87. The number of aryl methyl sites for hydroxylation is 2. The van der Waals surface area contributed by atoms with Crippen LogP contribution in [0.2, 0.25) is 0 Å². The highest BCUT2D eigenvalue weighted by atomic mass is 19.1. The third-order valence-corrected chi connectivity index (χ3v) is 4.82. The van der Waals surface area contributed by atoms with Gasteiger partial charge in [-0.2, -0.15) is 0 Å². The van der Waals surface area contributed by atoms with E-state index in [0.717, 1.165) is 31.7 Å². The van der Waals surface area contributed by atoms with Crippen LogP contribution in [0.3, 0.4) is 0 Å². The van der Waals surface area contributed by atoms with Crippen molar-refractivity contribution in [2.24, 2.45) is 7.05 Å². The van der Waals surface area contributed by atoms with E-state index in [1.165, 1.54) is 6.33 Å². The lowest BCUT2D eigenvalue weighted by atomic mass is 9.87. The molecule has 0 aromatic carbocycles. The maximum Gasteiger partial charge on any atom is 0.187 e. The van der Waals surface area contributed by atoms with Gasteiger partial charge in [-0.05, 0) is 12.8 Å². The molecule has 3 aliphatic heterocycles. The second-order valence-corrected chi connectivity index (χ2v) is 6.32. The highest BCUT2D eigenvalue weighted by Crippen LogP contribution is 2.35. The normalized spacial score (nSPS) is 23.9. The number of anilines is 1. The van der Waals surface area contributed by atoms with E-state index in [2.05, 4.69) is 30.1 Å². The topological polar surface area (TPSA) is 63.0 Å². The van der Waals surface area contributed by atoms with Gasteiger partial charge in [0.25, 0.3) is 0 Å². The van der Waals surface area contributed by atoms with E-state index in [1.807, 2.05) is 20.2 Å². The second-order valence-electron chi connectivity index (χ2n) is 6.32. The lowest BCUT2D eigenvalue weighted by Crippen LogP contribution is -2.68. The van der Waals surface area contributed by atoms with Crippen molar-refractivity contribution in [1.29, 1.82) is 0 Å². The van der Waals surface area contributed by atoms with Crippen LogP contribution in [0.15, 0.2) is 12.5 Å². The van der Waals surface area contributed by atoms with Gasteiger partial charge in [-0.3, -0.25) is 9.58 Å². The van der Waals surface area contributed by atoms with E-state index >= 15 is 0 Å². The molecule has 3 fully saturated rings. The third kappa shape index (κ3) is 2.46. The van der Waals surface area contributed by atoms with Crippen molar-refractivity contribution in [2.45, 2.75) is 38.4 Å². The summed E-state index contributed by atoms with van der Waals surface area (Å²) < 4.78 is 16.2. The van der Waals surface area contributed by atoms with Gasteiger partial charge in [-0.15, -0.1) is 5.10 Å². The van der Waals surface area contributed by atoms with Gasteiger partial charge >= 0.3 is 0 Å². The number of piperazine rings is 1. The fraction of sp³-hybridized carbons (Fsp3) is 0.600. The molecule has 2 aromatic heterocycles. The molecule has 2 atom stereocenters. The molecule has 7 nitrogen and oxygen atoms in total. The van der Waals surface area contributed by atoms with Crippen molar-refractivity contribution < 1.29 is 4.39 Å². The van der Waals surface area contributed by atoms with Gasteiger partial charge in [0, 0.05) is 45.0 Å². The van der Waals surface area contributed by atoms with E-state index in [4.69, 9.17) is 0 Å².